The molecule has 5 heteroatoms. The Bertz CT molecular complexity index is 818. The smallest absolute Gasteiger partial charge is 0.176 e. The molecule has 0 saturated carbocycles. The summed E-state index contributed by atoms with van der Waals surface area (Å²) < 4.78 is 1.86. The average molecular weight is 301 g/mol. The first-order valence-electron chi connectivity index (χ1n) is 7.44. The topological polar surface area (TPSA) is 33.4 Å². The fourth-order valence-corrected chi connectivity index (χ4v) is 3.28. The Labute approximate surface area is 128 Å². The van der Waals surface area contributed by atoms with Crippen LogP contribution < -0.4 is 4.90 Å². The third-order valence-electron chi connectivity index (χ3n) is 4.21. The highest BCUT2D eigenvalue weighted by Gasteiger charge is 2.19. The lowest BCUT2D eigenvalue weighted by molar-refractivity contribution is 0.575. The zero-order chi connectivity index (χ0) is 14.4. The van der Waals surface area contributed by atoms with Gasteiger partial charge in [-0.2, -0.15) is 5.10 Å². The summed E-state index contributed by atoms with van der Waals surface area (Å²) in [7, 11) is 0. The minimum atomic E-state index is 0.652. The molecule has 1 aromatic carbocycles. The summed E-state index contributed by atoms with van der Waals surface area (Å²) in [6.07, 6.45) is 3.77. The molecule has 0 aliphatic carbocycles. The molecule has 1 aliphatic heterocycles. The molecule has 21 heavy (non-hydrogen) atoms. The molecule has 0 spiro atoms. The van der Waals surface area contributed by atoms with E-state index in [9.17, 15) is 0 Å². The van der Waals surface area contributed by atoms with Gasteiger partial charge in [0, 0.05) is 18.5 Å². The van der Waals surface area contributed by atoms with E-state index < -0.39 is 0 Å². The molecule has 4 rings (SSSR count). The summed E-state index contributed by atoms with van der Waals surface area (Å²) in [6.45, 7) is 4.06. The molecule has 3 aromatic rings. The number of aryl methyl sites for hydroxylation is 1. The molecule has 0 N–H and O–H groups in total. The summed E-state index contributed by atoms with van der Waals surface area (Å²) in [5.74, 6) is 1.04. The van der Waals surface area contributed by atoms with Gasteiger partial charge >= 0.3 is 0 Å². The number of benzene rings is 1. The van der Waals surface area contributed by atoms with Crippen LogP contribution in [0.3, 0.4) is 0 Å². The lowest BCUT2D eigenvalue weighted by atomic mass is 10.1. The number of hydrogen-bond donors (Lipinski definition) is 0. The number of nitrogens with zero attached hydrogens (tertiary/aromatic N) is 4. The molecule has 1 saturated heterocycles. The lowest BCUT2D eigenvalue weighted by Gasteiger charge is -2.28. The van der Waals surface area contributed by atoms with E-state index >= 15 is 0 Å². The van der Waals surface area contributed by atoms with Crippen LogP contribution in [0.2, 0.25) is 5.02 Å². The third-order valence-corrected chi connectivity index (χ3v) is 4.65. The molecule has 0 unspecified atom stereocenters. The van der Waals surface area contributed by atoms with Crippen LogP contribution in [-0.2, 0) is 0 Å². The standard InChI is InChI=1S/C16H17ClN4/c1-11-14(17)16-18-15(20-9-5-2-6-10-20)12-7-3-4-8-13(12)21(16)19-11/h3-4,7-8H,2,5-6,9-10H2,1H3. The van der Waals surface area contributed by atoms with Crippen molar-refractivity contribution in [3.8, 4) is 0 Å². The number of piperidine rings is 1. The van der Waals surface area contributed by atoms with Crippen molar-refractivity contribution in [1.82, 2.24) is 14.6 Å². The van der Waals surface area contributed by atoms with Gasteiger partial charge in [-0.25, -0.2) is 9.50 Å². The van der Waals surface area contributed by atoms with Crippen LogP contribution in [0.15, 0.2) is 24.3 Å². The maximum atomic E-state index is 6.39. The molecular weight excluding hydrogens is 284 g/mol. The van der Waals surface area contributed by atoms with E-state index in [1.807, 2.05) is 17.5 Å². The summed E-state index contributed by atoms with van der Waals surface area (Å²) in [5, 5.41) is 6.33. The summed E-state index contributed by atoms with van der Waals surface area (Å²) in [4.78, 5) is 7.22. The van der Waals surface area contributed by atoms with E-state index in [2.05, 4.69) is 28.2 Å². The van der Waals surface area contributed by atoms with E-state index in [1.54, 1.807) is 0 Å². The number of para-hydroxylation sites is 1. The minimum Gasteiger partial charge on any atom is -0.356 e. The molecule has 0 atom stereocenters. The molecule has 0 amide bonds. The third kappa shape index (κ3) is 1.97. The Morgan fingerprint density at radius 2 is 1.86 bits per heavy atom. The first kappa shape index (κ1) is 12.9. The van der Waals surface area contributed by atoms with E-state index in [-0.39, 0.29) is 0 Å². The number of aromatic nitrogens is 3. The van der Waals surface area contributed by atoms with Crippen LogP contribution in [0.4, 0.5) is 5.82 Å². The van der Waals surface area contributed by atoms with Gasteiger partial charge in [-0.1, -0.05) is 23.7 Å². The van der Waals surface area contributed by atoms with Crippen LogP contribution in [0, 0.1) is 6.92 Å². The Morgan fingerprint density at radius 1 is 1.10 bits per heavy atom. The van der Waals surface area contributed by atoms with Crippen molar-refractivity contribution in [2.45, 2.75) is 26.2 Å². The monoisotopic (exact) mass is 300 g/mol. The maximum Gasteiger partial charge on any atom is 0.176 e. The maximum absolute atomic E-state index is 6.39. The molecule has 0 bridgehead atoms. The summed E-state index contributed by atoms with van der Waals surface area (Å²) in [6, 6.07) is 8.30. The van der Waals surface area contributed by atoms with E-state index in [0.29, 0.717) is 5.02 Å². The number of halogens is 1. The van der Waals surface area contributed by atoms with Gasteiger partial charge in [0.1, 0.15) is 10.8 Å². The molecular formula is C16H17ClN4. The van der Waals surface area contributed by atoms with Gasteiger partial charge in [0.2, 0.25) is 0 Å². The molecule has 3 heterocycles. The van der Waals surface area contributed by atoms with Gasteiger partial charge in [-0.05, 0) is 38.3 Å². The van der Waals surface area contributed by atoms with Gasteiger partial charge in [0.15, 0.2) is 5.65 Å². The van der Waals surface area contributed by atoms with Crippen molar-refractivity contribution in [2.75, 3.05) is 18.0 Å². The van der Waals surface area contributed by atoms with E-state index in [4.69, 9.17) is 16.6 Å². The van der Waals surface area contributed by atoms with Crippen molar-refractivity contribution in [3.05, 3.63) is 35.0 Å². The van der Waals surface area contributed by atoms with Gasteiger partial charge < -0.3 is 4.90 Å². The SMILES string of the molecule is Cc1nn2c(nc(N3CCCCC3)c3ccccc32)c1Cl. The van der Waals surface area contributed by atoms with Crippen LogP contribution in [0.5, 0.6) is 0 Å². The largest absolute Gasteiger partial charge is 0.356 e. The Kier molecular flexibility index (Phi) is 3.00. The zero-order valence-electron chi connectivity index (χ0n) is 12.0. The number of anilines is 1. The summed E-state index contributed by atoms with van der Waals surface area (Å²) in [5.41, 5.74) is 2.65. The van der Waals surface area contributed by atoms with Crippen molar-refractivity contribution in [3.63, 3.8) is 0 Å². The number of fused-ring (bicyclic) bond motifs is 3. The first-order valence-corrected chi connectivity index (χ1v) is 7.82. The highest BCUT2D eigenvalue weighted by molar-refractivity contribution is 6.34. The van der Waals surface area contributed by atoms with Crippen molar-refractivity contribution >= 4 is 34.0 Å². The van der Waals surface area contributed by atoms with Crippen molar-refractivity contribution in [2.24, 2.45) is 0 Å². The second-order valence-electron chi connectivity index (χ2n) is 5.64. The Hall–Kier alpha value is -1.81. The van der Waals surface area contributed by atoms with E-state index in [0.717, 1.165) is 41.2 Å². The Balaban J connectivity index is 2.05. The van der Waals surface area contributed by atoms with E-state index in [1.165, 1.54) is 19.3 Å². The van der Waals surface area contributed by atoms with Crippen LogP contribution in [0.1, 0.15) is 25.0 Å². The molecule has 108 valence electrons. The van der Waals surface area contributed by atoms with Crippen molar-refractivity contribution in [1.29, 1.82) is 0 Å². The molecule has 4 nitrogen and oxygen atoms in total. The Morgan fingerprint density at radius 3 is 2.67 bits per heavy atom. The van der Waals surface area contributed by atoms with Crippen LogP contribution >= 0.6 is 11.6 Å². The lowest BCUT2D eigenvalue weighted by Crippen LogP contribution is -2.30. The fourth-order valence-electron chi connectivity index (χ4n) is 3.12. The van der Waals surface area contributed by atoms with Gasteiger partial charge in [0.05, 0.1) is 11.2 Å². The van der Waals surface area contributed by atoms with Gasteiger partial charge in [-0.15, -0.1) is 0 Å². The molecule has 1 fully saturated rings. The van der Waals surface area contributed by atoms with Crippen LogP contribution in [-0.4, -0.2) is 27.7 Å². The second kappa shape index (κ2) is 4.88. The fraction of sp³-hybridized carbons (Fsp3) is 0.375. The second-order valence-corrected chi connectivity index (χ2v) is 6.01. The number of hydrogen-bond acceptors (Lipinski definition) is 3. The predicted molar refractivity (Wildman–Crippen MR) is 86.3 cm³/mol. The molecule has 2 aromatic heterocycles. The molecule has 1 aliphatic rings. The average Bonchev–Trinajstić information content (AvgIpc) is 2.83. The first-order chi connectivity index (χ1) is 10.3. The normalized spacial score (nSPS) is 16.0. The summed E-state index contributed by atoms with van der Waals surface area (Å²) >= 11 is 6.39. The van der Waals surface area contributed by atoms with Crippen LogP contribution in [0.25, 0.3) is 16.6 Å². The van der Waals surface area contributed by atoms with Crippen molar-refractivity contribution < 1.29 is 0 Å². The highest BCUT2D eigenvalue weighted by Crippen LogP contribution is 2.31. The molecule has 0 radical (unpaired) electrons. The van der Waals surface area contributed by atoms with Gasteiger partial charge in [0.25, 0.3) is 0 Å². The van der Waals surface area contributed by atoms with Gasteiger partial charge in [-0.3, -0.25) is 0 Å². The highest BCUT2D eigenvalue weighted by atomic mass is 35.5. The minimum absolute atomic E-state index is 0.652. The quantitative estimate of drug-likeness (QED) is 0.685. The number of rotatable bonds is 1. The predicted octanol–water partition coefficient (Wildman–Crippen LogP) is 3.83. The zero-order valence-corrected chi connectivity index (χ0v) is 12.8.